The standard InChI is InChI=1S/C21H24N2O6/c1-4-27-18-11-8-16(12-19(18)28-5-2)22-21(26)23-20(25)13-29-17-9-6-15(7-10-17)14(3)24/h6-12H,4-5,13H2,1-3H3,(H2,22,23,25,26). The number of benzene rings is 2. The van der Waals surface area contributed by atoms with E-state index in [9.17, 15) is 14.4 Å². The summed E-state index contributed by atoms with van der Waals surface area (Å²) in [4.78, 5) is 35.2. The van der Waals surface area contributed by atoms with Crippen molar-refractivity contribution in [3.05, 3.63) is 48.0 Å². The number of rotatable bonds is 9. The normalized spacial score (nSPS) is 10.0. The highest BCUT2D eigenvalue weighted by atomic mass is 16.5. The molecule has 2 rings (SSSR count). The molecular weight excluding hydrogens is 376 g/mol. The molecule has 0 radical (unpaired) electrons. The van der Waals surface area contributed by atoms with Crippen molar-refractivity contribution >= 4 is 23.4 Å². The van der Waals surface area contributed by atoms with Gasteiger partial charge in [0.05, 0.1) is 13.2 Å². The van der Waals surface area contributed by atoms with E-state index in [2.05, 4.69) is 10.6 Å². The van der Waals surface area contributed by atoms with E-state index in [0.29, 0.717) is 41.7 Å². The summed E-state index contributed by atoms with van der Waals surface area (Å²) in [6.07, 6.45) is 0. The molecule has 154 valence electrons. The Labute approximate surface area is 169 Å². The molecular formula is C21H24N2O6. The predicted molar refractivity (Wildman–Crippen MR) is 108 cm³/mol. The zero-order valence-electron chi connectivity index (χ0n) is 16.6. The molecule has 0 saturated carbocycles. The van der Waals surface area contributed by atoms with Crippen molar-refractivity contribution in [1.29, 1.82) is 0 Å². The van der Waals surface area contributed by atoms with Crippen molar-refractivity contribution < 1.29 is 28.6 Å². The van der Waals surface area contributed by atoms with E-state index in [4.69, 9.17) is 14.2 Å². The van der Waals surface area contributed by atoms with Crippen LogP contribution in [-0.2, 0) is 4.79 Å². The Hall–Kier alpha value is -3.55. The zero-order chi connectivity index (χ0) is 21.2. The summed E-state index contributed by atoms with van der Waals surface area (Å²) in [7, 11) is 0. The lowest BCUT2D eigenvalue weighted by molar-refractivity contribution is -0.121. The molecule has 0 spiro atoms. The molecule has 0 atom stereocenters. The maximum absolute atomic E-state index is 12.0. The van der Waals surface area contributed by atoms with Crippen LogP contribution >= 0.6 is 0 Å². The van der Waals surface area contributed by atoms with Crippen molar-refractivity contribution in [2.45, 2.75) is 20.8 Å². The van der Waals surface area contributed by atoms with Gasteiger partial charge in [-0.3, -0.25) is 14.9 Å². The van der Waals surface area contributed by atoms with Crippen LogP contribution in [0.3, 0.4) is 0 Å². The fraction of sp³-hybridized carbons (Fsp3) is 0.286. The van der Waals surface area contributed by atoms with Gasteiger partial charge in [-0.15, -0.1) is 0 Å². The molecule has 0 fully saturated rings. The molecule has 29 heavy (non-hydrogen) atoms. The first-order valence-electron chi connectivity index (χ1n) is 9.17. The summed E-state index contributed by atoms with van der Waals surface area (Å²) in [5.41, 5.74) is 0.992. The van der Waals surface area contributed by atoms with Crippen LogP contribution in [0.4, 0.5) is 10.5 Å². The Bertz CT molecular complexity index is 864. The summed E-state index contributed by atoms with van der Waals surface area (Å²) < 4.78 is 16.3. The molecule has 2 N–H and O–H groups in total. The number of ketones is 1. The number of imide groups is 1. The second kappa shape index (κ2) is 10.7. The number of hydrogen-bond acceptors (Lipinski definition) is 6. The van der Waals surface area contributed by atoms with Crippen molar-refractivity contribution in [3.8, 4) is 17.2 Å². The van der Waals surface area contributed by atoms with Crippen LogP contribution in [0.2, 0.25) is 0 Å². The SMILES string of the molecule is CCOc1ccc(NC(=O)NC(=O)COc2ccc(C(C)=O)cc2)cc1OCC. The summed E-state index contributed by atoms with van der Waals surface area (Å²) in [5, 5.41) is 4.74. The molecule has 3 amide bonds. The Morgan fingerprint density at radius 2 is 1.52 bits per heavy atom. The molecule has 0 bridgehead atoms. The largest absolute Gasteiger partial charge is 0.490 e. The third-order valence-electron chi connectivity index (χ3n) is 3.68. The number of hydrogen-bond donors (Lipinski definition) is 2. The zero-order valence-corrected chi connectivity index (χ0v) is 16.6. The minimum absolute atomic E-state index is 0.0623. The first-order chi connectivity index (χ1) is 13.9. The van der Waals surface area contributed by atoms with E-state index in [0.717, 1.165) is 0 Å². The molecule has 0 aliphatic carbocycles. The Morgan fingerprint density at radius 1 is 0.862 bits per heavy atom. The lowest BCUT2D eigenvalue weighted by Gasteiger charge is -2.13. The van der Waals surface area contributed by atoms with Crippen LogP contribution in [0.5, 0.6) is 17.2 Å². The van der Waals surface area contributed by atoms with E-state index in [-0.39, 0.29) is 12.4 Å². The number of ether oxygens (including phenoxy) is 3. The summed E-state index contributed by atoms with van der Waals surface area (Å²) in [6, 6.07) is 10.6. The van der Waals surface area contributed by atoms with Crippen LogP contribution < -0.4 is 24.8 Å². The number of nitrogens with one attached hydrogen (secondary N) is 2. The number of amides is 3. The summed E-state index contributed by atoms with van der Waals surface area (Å²) in [6.45, 7) is 5.75. The average molecular weight is 400 g/mol. The Kier molecular flexibility index (Phi) is 8.02. The smallest absolute Gasteiger partial charge is 0.325 e. The number of anilines is 1. The van der Waals surface area contributed by atoms with Crippen molar-refractivity contribution in [1.82, 2.24) is 5.32 Å². The number of urea groups is 1. The van der Waals surface area contributed by atoms with Crippen LogP contribution in [0.15, 0.2) is 42.5 Å². The van der Waals surface area contributed by atoms with E-state index in [1.54, 1.807) is 42.5 Å². The second-order valence-electron chi connectivity index (χ2n) is 5.90. The van der Waals surface area contributed by atoms with Crippen LogP contribution in [0, 0.1) is 0 Å². The van der Waals surface area contributed by atoms with Crippen molar-refractivity contribution in [2.75, 3.05) is 25.1 Å². The molecule has 8 heteroatoms. The highest BCUT2D eigenvalue weighted by Gasteiger charge is 2.11. The fourth-order valence-electron chi connectivity index (χ4n) is 2.39. The van der Waals surface area contributed by atoms with Gasteiger partial charge in [0.25, 0.3) is 5.91 Å². The lowest BCUT2D eigenvalue weighted by Crippen LogP contribution is -2.37. The molecule has 8 nitrogen and oxygen atoms in total. The Morgan fingerprint density at radius 3 is 2.14 bits per heavy atom. The van der Waals surface area contributed by atoms with E-state index in [1.165, 1.54) is 6.92 Å². The summed E-state index contributed by atoms with van der Waals surface area (Å²) in [5.74, 6) is 0.802. The molecule has 2 aromatic rings. The van der Waals surface area contributed by atoms with Gasteiger partial charge in [0, 0.05) is 17.3 Å². The van der Waals surface area contributed by atoms with Gasteiger partial charge < -0.3 is 19.5 Å². The van der Waals surface area contributed by atoms with E-state index in [1.807, 2.05) is 13.8 Å². The maximum atomic E-state index is 12.0. The fourth-order valence-corrected chi connectivity index (χ4v) is 2.39. The van der Waals surface area contributed by atoms with Gasteiger partial charge in [0.15, 0.2) is 23.9 Å². The van der Waals surface area contributed by atoms with Crippen LogP contribution in [-0.4, -0.2) is 37.5 Å². The number of Topliss-reactive ketones (excluding diaryl/α,β-unsaturated/α-hetero) is 1. The quantitative estimate of drug-likeness (QED) is 0.625. The third-order valence-corrected chi connectivity index (χ3v) is 3.68. The van der Waals surface area contributed by atoms with Crippen molar-refractivity contribution in [3.63, 3.8) is 0 Å². The van der Waals surface area contributed by atoms with Gasteiger partial charge in [0.1, 0.15) is 5.75 Å². The van der Waals surface area contributed by atoms with Crippen LogP contribution in [0.1, 0.15) is 31.1 Å². The average Bonchev–Trinajstić information content (AvgIpc) is 2.69. The topological polar surface area (TPSA) is 103 Å². The molecule has 0 heterocycles. The van der Waals surface area contributed by atoms with Gasteiger partial charge in [-0.05, 0) is 57.2 Å². The molecule has 2 aromatic carbocycles. The molecule has 0 aromatic heterocycles. The number of carbonyl (C=O) groups excluding carboxylic acids is 3. The van der Waals surface area contributed by atoms with Gasteiger partial charge in [0.2, 0.25) is 0 Å². The molecule has 0 aliphatic rings. The molecule has 0 aliphatic heterocycles. The second-order valence-corrected chi connectivity index (χ2v) is 5.90. The van der Waals surface area contributed by atoms with E-state index >= 15 is 0 Å². The molecule has 0 saturated heterocycles. The minimum Gasteiger partial charge on any atom is -0.490 e. The number of carbonyl (C=O) groups is 3. The third kappa shape index (κ3) is 6.84. The van der Waals surface area contributed by atoms with Gasteiger partial charge in [-0.1, -0.05) is 0 Å². The highest BCUT2D eigenvalue weighted by molar-refractivity contribution is 6.01. The molecule has 0 unspecified atom stereocenters. The predicted octanol–water partition coefficient (Wildman–Crippen LogP) is 3.41. The van der Waals surface area contributed by atoms with Crippen molar-refractivity contribution in [2.24, 2.45) is 0 Å². The minimum atomic E-state index is -0.697. The monoisotopic (exact) mass is 400 g/mol. The van der Waals surface area contributed by atoms with E-state index < -0.39 is 11.9 Å². The highest BCUT2D eigenvalue weighted by Crippen LogP contribution is 2.30. The van der Waals surface area contributed by atoms with Gasteiger partial charge >= 0.3 is 6.03 Å². The first-order valence-corrected chi connectivity index (χ1v) is 9.17. The maximum Gasteiger partial charge on any atom is 0.325 e. The first kappa shape index (κ1) is 21.7. The van der Waals surface area contributed by atoms with Crippen LogP contribution in [0.25, 0.3) is 0 Å². The summed E-state index contributed by atoms with van der Waals surface area (Å²) >= 11 is 0. The Balaban J connectivity index is 1.87. The van der Waals surface area contributed by atoms with Gasteiger partial charge in [-0.25, -0.2) is 4.79 Å². The van der Waals surface area contributed by atoms with Gasteiger partial charge in [-0.2, -0.15) is 0 Å². The lowest BCUT2D eigenvalue weighted by atomic mass is 10.1.